The highest BCUT2D eigenvalue weighted by atomic mass is 16.8. The Hall–Kier alpha value is -1.87. The number of rotatable bonds is 4. The van der Waals surface area contributed by atoms with Crippen LogP contribution in [0.3, 0.4) is 0 Å². The van der Waals surface area contributed by atoms with E-state index in [-0.39, 0.29) is 39.9 Å². The van der Waals surface area contributed by atoms with Crippen LogP contribution in [0.15, 0.2) is 24.3 Å². The van der Waals surface area contributed by atoms with Gasteiger partial charge >= 0.3 is 5.97 Å². The third-order valence-corrected chi connectivity index (χ3v) is 9.34. The van der Waals surface area contributed by atoms with Gasteiger partial charge in [0.2, 0.25) is 0 Å². The first-order valence-corrected chi connectivity index (χ1v) is 12.4. The number of hydrogen-bond acceptors (Lipinski definition) is 8. The summed E-state index contributed by atoms with van der Waals surface area (Å²) in [5, 5.41) is 19.9. The van der Waals surface area contributed by atoms with Gasteiger partial charge in [0.25, 0.3) is 0 Å². The highest BCUT2D eigenvalue weighted by Crippen LogP contribution is 2.62. The first-order chi connectivity index (χ1) is 15.9. The van der Waals surface area contributed by atoms with Gasteiger partial charge in [0.15, 0.2) is 0 Å². The van der Waals surface area contributed by atoms with Crippen molar-refractivity contribution in [2.24, 2.45) is 23.2 Å². The minimum atomic E-state index is -0.117. The Kier molecular flexibility index (Phi) is 5.14. The van der Waals surface area contributed by atoms with Crippen LogP contribution >= 0.6 is 0 Å². The van der Waals surface area contributed by atoms with Gasteiger partial charge in [-0.2, -0.15) is 0 Å². The number of hydrogen-bond donors (Lipinski definition) is 1. The van der Waals surface area contributed by atoms with Crippen molar-refractivity contribution in [3.8, 4) is 0 Å². The summed E-state index contributed by atoms with van der Waals surface area (Å²) in [6.07, 6.45) is 5.76. The maximum absolute atomic E-state index is 12.9. The zero-order valence-corrected chi connectivity index (χ0v) is 19.3. The van der Waals surface area contributed by atoms with E-state index in [2.05, 4.69) is 16.7 Å². The molecule has 0 bridgehead atoms. The van der Waals surface area contributed by atoms with E-state index >= 15 is 0 Å². The van der Waals surface area contributed by atoms with Crippen LogP contribution in [0.4, 0.5) is 11.4 Å². The second-order valence-corrected chi connectivity index (χ2v) is 11.2. The maximum atomic E-state index is 12.9. The number of benzene rings is 1. The van der Waals surface area contributed by atoms with Crippen molar-refractivity contribution in [1.82, 2.24) is 4.90 Å². The Morgan fingerprint density at radius 2 is 1.91 bits per heavy atom. The van der Waals surface area contributed by atoms with Gasteiger partial charge in [0.05, 0.1) is 23.8 Å². The molecule has 180 valence electrons. The van der Waals surface area contributed by atoms with Gasteiger partial charge in [-0.3, -0.25) is 14.9 Å². The summed E-state index contributed by atoms with van der Waals surface area (Å²) in [6.45, 7) is 7.60. The average Bonchev–Trinajstić information content (AvgIpc) is 3.51. The third-order valence-electron chi connectivity index (χ3n) is 9.34. The van der Waals surface area contributed by atoms with Crippen LogP contribution in [0.5, 0.6) is 0 Å². The lowest BCUT2D eigenvalue weighted by atomic mass is 9.53. The van der Waals surface area contributed by atoms with Gasteiger partial charge in [0.1, 0.15) is 6.10 Å². The smallest absolute Gasteiger partial charge is 0.310 e. The van der Waals surface area contributed by atoms with E-state index in [1.165, 1.54) is 19.3 Å². The number of ether oxygens (including phenoxy) is 2. The number of carbonyl (C=O) groups excluding carboxylic acids is 1. The highest BCUT2D eigenvalue weighted by Gasteiger charge is 2.65. The van der Waals surface area contributed by atoms with E-state index in [1.807, 2.05) is 12.1 Å². The first kappa shape index (κ1) is 21.6. The lowest BCUT2D eigenvalue weighted by Gasteiger charge is -2.51. The van der Waals surface area contributed by atoms with Crippen LogP contribution < -0.4 is 10.1 Å². The molecule has 6 rings (SSSR count). The van der Waals surface area contributed by atoms with E-state index in [9.17, 15) is 10.0 Å². The number of anilines is 2. The Morgan fingerprint density at radius 3 is 2.58 bits per heavy atom. The van der Waals surface area contributed by atoms with E-state index in [1.54, 1.807) is 12.1 Å². The van der Waals surface area contributed by atoms with Gasteiger partial charge in [-0.05, 0) is 67.7 Å². The number of piperazine rings is 1. The van der Waals surface area contributed by atoms with Gasteiger partial charge in [0, 0.05) is 44.3 Å². The summed E-state index contributed by atoms with van der Waals surface area (Å²) in [5.41, 5.74) is 1.60. The molecule has 8 heteroatoms. The molecule has 3 heterocycles. The normalized spacial score (nSPS) is 40.3. The topological polar surface area (TPSA) is 91.8 Å². The van der Waals surface area contributed by atoms with Crippen LogP contribution in [0, 0.1) is 28.4 Å². The summed E-state index contributed by atoms with van der Waals surface area (Å²) in [6, 6.07) is 6.98. The molecule has 1 aromatic carbocycles. The van der Waals surface area contributed by atoms with E-state index in [0.717, 1.165) is 57.9 Å². The standard InChI is InChI=1S/C25H34N3O5/c1-24-7-2-8-25(16-32-25)22(24)13-19-20(23(29)33-21(19)14-24)15-26-9-11-27(12-10-26)17-3-5-18(6-4-17)28(30)31/h3-6,19-22,30H,2,7-16H2,1H3/q-1/t19-,20-,21+,22+,24+,25-/m0/s1. The number of carbonyl (C=O) groups is 1. The predicted molar refractivity (Wildman–Crippen MR) is 123 cm³/mol. The highest BCUT2D eigenvalue weighted by molar-refractivity contribution is 5.75. The quantitative estimate of drug-likeness (QED) is 0.420. The molecular formula is C25H34N3O5-. The molecular weight excluding hydrogens is 422 g/mol. The van der Waals surface area contributed by atoms with E-state index in [0.29, 0.717) is 11.8 Å². The van der Waals surface area contributed by atoms with Crippen molar-refractivity contribution in [2.75, 3.05) is 49.5 Å². The van der Waals surface area contributed by atoms with Crippen molar-refractivity contribution in [2.45, 2.75) is 50.7 Å². The molecule has 0 amide bonds. The van der Waals surface area contributed by atoms with Crippen LogP contribution in [0.2, 0.25) is 0 Å². The number of nitrogens with zero attached hydrogens (tertiary/aromatic N) is 3. The molecule has 0 aromatic heterocycles. The molecule has 33 heavy (non-hydrogen) atoms. The van der Waals surface area contributed by atoms with E-state index in [4.69, 9.17) is 14.7 Å². The molecule has 0 unspecified atom stereocenters. The molecule has 5 fully saturated rings. The summed E-state index contributed by atoms with van der Waals surface area (Å²) < 4.78 is 12.0. The monoisotopic (exact) mass is 456 g/mol. The number of epoxide rings is 1. The van der Waals surface area contributed by atoms with Crippen molar-refractivity contribution in [3.63, 3.8) is 0 Å². The lowest BCUT2D eigenvalue weighted by Crippen LogP contribution is -2.52. The molecule has 5 aliphatic rings. The van der Waals surface area contributed by atoms with Gasteiger partial charge in [-0.25, -0.2) is 0 Å². The summed E-state index contributed by atoms with van der Waals surface area (Å²) >= 11 is 0. The lowest BCUT2D eigenvalue weighted by molar-refractivity contribution is -0.147. The molecule has 1 N–H and O–H groups in total. The van der Waals surface area contributed by atoms with Crippen LogP contribution in [0.1, 0.15) is 39.0 Å². The molecule has 1 aromatic rings. The molecule has 0 radical (unpaired) electrons. The fourth-order valence-electron chi connectivity index (χ4n) is 7.42. The zero-order chi connectivity index (χ0) is 22.8. The first-order valence-electron chi connectivity index (χ1n) is 12.4. The maximum Gasteiger partial charge on any atom is 0.310 e. The fraction of sp³-hybridized carbons (Fsp3) is 0.720. The second-order valence-electron chi connectivity index (χ2n) is 11.2. The molecule has 8 nitrogen and oxygen atoms in total. The number of esters is 1. The third kappa shape index (κ3) is 3.71. The Morgan fingerprint density at radius 1 is 1.18 bits per heavy atom. The van der Waals surface area contributed by atoms with Gasteiger partial charge < -0.3 is 24.8 Å². The van der Waals surface area contributed by atoms with Crippen LogP contribution in [-0.4, -0.2) is 67.1 Å². The molecule has 1 spiro atoms. The largest absolute Gasteiger partial charge is 0.733 e. The molecule has 6 atom stereocenters. The zero-order valence-electron chi connectivity index (χ0n) is 19.3. The summed E-state index contributed by atoms with van der Waals surface area (Å²) in [5.74, 6) is 0.840. The number of fused-ring (bicyclic) bond motifs is 3. The van der Waals surface area contributed by atoms with E-state index < -0.39 is 0 Å². The molecule has 2 aliphatic carbocycles. The Labute approximate surface area is 195 Å². The Balaban J connectivity index is 1.09. The van der Waals surface area contributed by atoms with Crippen molar-refractivity contribution < 1.29 is 19.5 Å². The van der Waals surface area contributed by atoms with Gasteiger partial charge in [-0.1, -0.05) is 6.92 Å². The van der Waals surface area contributed by atoms with Crippen LogP contribution in [0.25, 0.3) is 0 Å². The molecule has 3 aliphatic heterocycles. The van der Waals surface area contributed by atoms with Crippen LogP contribution in [-0.2, 0) is 14.3 Å². The summed E-state index contributed by atoms with van der Waals surface area (Å²) in [4.78, 5) is 17.6. The Bertz CT molecular complexity index is 896. The van der Waals surface area contributed by atoms with Crippen molar-refractivity contribution in [3.05, 3.63) is 29.5 Å². The summed E-state index contributed by atoms with van der Waals surface area (Å²) in [7, 11) is 0. The SMILES string of the molecule is C[C@]12CCC[C@]3(CO3)[C@@H]1C[C@H]1[C@H](CN3CCN(c4ccc(N([O-])O)cc4)CC3)C(=O)O[C@@H]1C2. The van der Waals surface area contributed by atoms with Crippen molar-refractivity contribution in [1.29, 1.82) is 0 Å². The minimum Gasteiger partial charge on any atom is -0.733 e. The fourth-order valence-corrected chi connectivity index (χ4v) is 7.42. The molecule has 3 saturated heterocycles. The van der Waals surface area contributed by atoms with Crippen molar-refractivity contribution >= 4 is 17.3 Å². The average molecular weight is 457 g/mol. The predicted octanol–water partition coefficient (Wildman–Crippen LogP) is 3.03. The minimum absolute atomic E-state index is 0.00204. The second kappa shape index (κ2) is 7.83. The van der Waals surface area contributed by atoms with Gasteiger partial charge in [-0.15, -0.1) is 0 Å². The molecule has 2 saturated carbocycles.